The van der Waals surface area contributed by atoms with E-state index in [1.807, 2.05) is 25.1 Å². The van der Waals surface area contributed by atoms with Crippen molar-refractivity contribution in [3.05, 3.63) is 51.2 Å². The number of hydrogen-bond acceptors (Lipinski definition) is 3. The van der Waals surface area contributed by atoms with Crippen LogP contribution in [0.4, 0.5) is 5.69 Å². The lowest BCUT2D eigenvalue weighted by atomic mass is 10.1. The topological polar surface area (TPSA) is 41.1 Å². The Morgan fingerprint density at radius 3 is 2.71 bits per heavy atom. The fraction of sp³-hybridized carbons (Fsp3) is 0.353. The van der Waals surface area contributed by atoms with E-state index >= 15 is 0 Å². The molecule has 112 valence electrons. The van der Waals surface area contributed by atoms with Gasteiger partial charge in [-0.2, -0.15) is 0 Å². The molecule has 0 fully saturated rings. The first-order chi connectivity index (χ1) is 10.1. The van der Waals surface area contributed by atoms with Gasteiger partial charge < -0.3 is 10.6 Å². The Morgan fingerprint density at radius 2 is 2.05 bits per heavy atom. The Hall–Kier alpha value is -1.81. The molecule has 3 nitrogen and oxygen atoms in total. The number of anilines is 1. The highest BCUT2D eigenvalue weighted by Gasteiger charge is 2.12. The number of nitrogens with one attached hydrogen (secondary N) is 2. The van der Waals surface area contributed by atoms with E-state index in [-0.39, 0.29) is 5.91 Å². The lowest BCUT2D eigenvalue weighted by Gasteiger charge is -2.12. The van der Waals surface area contributed by atoms with Crippen LogP contribution in [0.3, 0.4) is 0 Å². The summed E-state index contributed by atoms with van der Waals surface area (Å²) in [5, 5.41) is 8.39. The first kappa shape index (κ1) is 15.6. The van der Waals surface area contributed by atoms with Crippen molar-refractivity contribution in [3.8, 4) is 0 Å². The van der Waals surface area contributed by atoms with Gasteiger partial charge in [0, 0.05) is 17.1 Å². The number of benzene rings is 1. The molecule has 2 rings (SSSR count). The van der Waals surface area contributed by atoms with Crippen LogP contribution >= 0.6 is 11.3 Å². The normalized spacial score (nSPS) is 10.4. The predicted molar refractivity (Wildman–Crippen MR) is 90.2 cm³/mol. The van der Waals surface area contributed by atoms with E-state index in [4.69, 9.17) is 0 Å². The summed E-state index contributed by atoms with van der Waals surface area (Å²) in [6, 6.07) is 8.02. The molecule has 0 aliphatic carbocycles. The summed E-state index contributed by atoms with van der Waals surface area (Å²) in [5.74, 6) is -0.0231. The molecule has 21 heavy (non-hydrogen) atoms. The van der Waals surface area contributed by atoms with Gasteiger partial charge in [0.25, 0.3) is 5.91 Å². The Bertz CT molecular complexity index is 619. The van der Waals surface area contributed by atoms with Gasteiger partial charge in [-0.05, 0) is 49.4 Å². The van der Waals surface area contributed by atoms with E-state index in [0.29, 0.717) is 6.54 Å². The molecule has 0 radical (unpaired) electrons. The molecule has 1 amide bonds. The van der Waals surface area contributed by atoms with Gasteiger partial charge in [0.1, 0.15) is 0 Å². The molecule has 2 aromatic rings. The number of thiophene rings is 1. The summed E-state index contributed by atoms with van der Waals surface area (Å²) >= 11 is 1.68. The van der Waals surface area contributed by atoms with Crippen LogP contribution in [0.15, 0.2) is 29.6 Å². The van der Waals surface area contributed by atoms with Gasteiger partial charge in [-0.3, -0.25) is 4.79 Å². The third kappa shape index (κ3) is 4.08. The van der Waals surface area contributed by atoms with Crippen LogP contribution in [0.25, 0.3) is 0 Å². The lowest BCUT2D eigenvalue weighted by Crippen LogP contribution is -2.24. The molecule has 4 heteroatoms. The van der Waals surface area contributed by atoms with E-state index in [1.165, 1.54) is 10.4 Å². The van der Waals surface area contributed by atoms with Gasteiger partial charge in [-0.25, -0.2) is 0 Å². The largest absolute Gasteiger partial charge is 0.384 e. The quantitative estimate of drug-likeness (QED) is 0.843. The molecule has 0 spiro atoms. The Kier molecular flexibility index (Phi) is 5.39. The fourth-order valence-electron chi connectivity index (χ4n) is 2.10. The molecular weight excluding hydrogens is 280 g/mol. The number of carbonyl (C=O) groups is 1. The minimum Gasteiger partial charge on any atom is -0.384 e. The summed E-state index contributed by atoms with van der Waals surface area (Å²) < 4.78 is 0. The van der Waals surface area contributed by atoms with Crippen molar-refractivity contribution in [3.63, 3.8) is 0 Å². The lowest BCUT2D eigenvalue weighted by molar-refractivity contribution is 0.0952. The van der Waals surface area contributed by atoms with Gasteiger partial charge in [-0.15, -0.1) is 11.3 Å². The number of hydrogen-bond donors (Lipinski definition) is 2. The summed E-state index contributed by atoms with van der Waals surface area (Å²) in [6.07, 6.45) is 1.03. The predicted octanol–water partition coefficient (Wildman–Crippen LogP) is 4.12. The van der Waals surface area contributed by atoms with Crippen molar-refractivity contribution in [2.45, 2.75) is 33.7 Å². The molecule has 0 saturated heterocycles. The second-order valence-electron chi connectivity index (χ2n) is 5.19. The van der Waals surface area contributed by atoms with Gasteiger partial charge in [0.15, 0.2) is 0 Å². The number of rotatable bonds is 6. The van der Waals surface area contributed by atoms with Crippen molar-refractivity contribution >= 4 is 22.9 Å². The SMILES string of the molecule is CCCNc1ccc(C)cc1C(=O)NCc1sccc1C. The highest BCUT2D eigenvalue weighted by atomic mass is 32.1. The zero-order valence-corrected chi connectivity index (χ0v) is 13.6. The summed E-state index contributed by atoms with van der Waals surface area (Å²) in [5.41, 5.74) is 3.95. The molecule has 0 aliphatic rings. The number of aryl methyl sites for hydroxylation is 2. The summed E-state index contributed by atoms with van der Waals surface area (Å²) in [4.78, 5) is 13.6. The molecule has 0 bridgehead atoms. The van der Waals surface area contributed by atoms with Crippen LogP contribution in [0.2, 0.25) is 0 Å². The van der Waals surface area contributed by atoms with Gasteiger partial charge in [0.05, 0.1) is 12.1 Å². The van der Waals surface area contributed by atoms with E-state index < -0.39 is 0 Å². The number of amides is 1. The van der Waals surface area contributed by atoms with Crippen LogP contribution in [0.5, 0.6) is 0 Å². The average molecular weight is 302 g/mol. The van der Waals surface area contributed by atoms with Crippen LogP contribution in [-0.4, -0.2) is 12.5 Å². The average Bonchev–Trinajstić information content (AvgIpc) is 2.88. The van der Waals surface area contributed by atoms with E-state index in [9.17, 15) is 4.79 Å². The molecule has 1 aromatic carbocycles. The highest BCUT2D eigenvalue weighted by molar-refractivity contribution is 7.10. The van der Waals surface area contributed by atoms with Crippen molar-refractivity contribution in [2.24, 2.45) is 0 Å². The van der Waals surface area contributed by atoms with E-state index in [2.05, 4.69) is 35.9 Å². The van der Waals surface area contributed by atoms with Crippen molar-refractivity contribution < 1.29 is 4.79 Å². The molecule has 0 atom stereocenters. The van der Waals surface area contributed by atoms with Crippen molar-refractivity contribution in [2.75, 3.05) is 11.9 Å². The Labute approximate surface area is 130 Å². The summed E-state index contributed by atoms with van der Waals surface area (Å²) in [7, 11) is 0. The highest BCUT2D eigenvalue weighted by Crippen LogP contribution is 2.19. The molecule has 1 aromatic heterocycles. The molecule has 0 unspecified atom stereocenters. The standard InChI is InChI=1S/C17H22N2OS/c1-4-8-18-15-6-5-12(2)10-14(15)17(20)19-11-16-13(3)7-9-21-16/h5-7,9-10,18H,4,8,11H2,1-3H3,(H,19,20). The molecule has 1 heterocycles. The minimum absolute atomic E-state index is 0.0231. The fourth-order valence-corrected chi connectivity index (χ4v) is 2.95. The molecule has 2 N–H and O–H groups in total. The van der Waals surface area contributed by atoms with Crippen molar-refractivity contribution in [1.29, 1.82) is 0 Å². The monoisotopic (exact) mass is 302 g/mol. The van der Waals surface area contributed by atoms with E-state index in [1.54, 1.807) is 11.3 Å². The third-order valence-electron chi connectivity index (χ3n) is 3.36. The third-order valence-corrected chi connectivity index (χ3v) is 4.39. The Morgan fingerprint density at radius 1 is 1.24 bits per heavy atom. The van der Waals surface area contributed by atoms with Crippen LogP contribution in [-0.2, 0) is 6.54 Å². The zero-order chi connectivity index (χ0) is 15.2. The van der Waals surface area contributed by atoms with E-state index in [0.717, 1.165) is 29.8 Å². The molecule has 0 saturated carbocycles. The first-order valence-corrected chi connectivity index (χ1v) is 8.15. The first-order valence-electron chi connectivity index (χ1n) is 7.27. The second kappa shape index (κ2) is 7.27. The van der Waals surface area contributed by atoms with Gasteiger partial charge >= 0.3 is 0 Å². The minimum atomic E-state index is -0.0231. The maximum Gasteiger partial charge on any atom is 0.253 e. The molecule has 0 aliphatic heterocycles. The zero-order valence-electron chi connectivity index (χ0n) is 12.8. The van der Waals surface area contributed by atoms with Crippen molar-refractivity contribution in [1.82, 2.24) is 5.32 Å². The van der Waals surface area contributed by atoms with Gasteiger partial charge in [-0.1, -0.05) is 18.6 Å². The maximum absolute atomic E-state index is 12.4. The van der Waals surface area contributed by atoms with Crippen LogP contribution < -0.4 is 10.6 Å². The molecular formula is C17H22N2OS. The van der Waals surface area contributed by atoms with Crippen LogP contribution in [0.1, 0.15) is 39.7 Å². The number of carbonyl (C=O) groups excluding carboxylic acids is 1. The second-order valence-corrected chi connectivity index (χ2v) is 6.19. The smallest absolute Gasteiger partial charge is 0.253 e. The van der Waals surface area contributed by atoms with Crippen LogP contribution in [0, 0.1) is 13.8 Å². The van der Waals surface area contributed by atoms with Gasteiger partial charge in [0.2, 0.25) is 0 Å². The maximum atomic E-state index is 12.4. The summed E-state index contributed by atoms with van der Waals surface area (Å²) in [6.45, 7) is 7.64. The Balaban J connectivity index is 2.10.